The van der Waals surface area contributed by atoms with Crippen LogP contribution >= 0.6 is 0 Å². The number of nitrogens with zero attached hydrogens (tertiary/aromatic N) is 1. The van der Waals surface area contributed by atoms with E-state index >= 15 is 0 Å². The van der Waals surface area contributed by atoms with Crippen molar-refractivity contribution in [1.82, 2.24) is 4.90 Å². The Morgan fingerprint density at radius 3 is 2.65 bits per heavy atom. The van der Waals surface area contributed by atoms with Gasteiger partial charge in [0.1, 0.15) is 5.82 Å². The Balaban J connectivity index is 1.69. The first-order chi connectivity index (χ1) is 11.1. The SMILES string of the molecule is O=C(Nc1ccc(F)cc1)c1cccc(CN2CCCC2=O)c1. The Kier molecular flexibility index (Phi) is 4.37. The lowest BCUT2D eigenvalue weighted by Gasteiger charge is -2.16. The molecule has 0 atom stereocenters. The highest BCUT2D eigenvalue weighted by Crippen LogP contribution is 2.16. The molecule has 1 fully saturated rings. The van der Waals surface area contributed by atoms with Crippen LogP contribution in [0.2, 0.25) is 0 Å². The number of carbonyl (C=O) groups excluding carboxylic acids is 2. The van der Waals surface area contributed by atoms with E-state index in [-0.39, 0.29) is 17.6 Å². The molecule has 1 saturated heterocycles. The molecule has 1 aliphatic rings. The second-order valence-electron chi connectivity index (χ2n) is 5.58. The van der Waals surface area contributed by atoms with Gasteiger partial charge in [-0.2, -0.15) is 0 Å². The Labute approximate surface area is 133 Å². The van der Waals surface area contributed by atoms with Crippen molar-refractivity contribution in [2.24, 2.45) is 0 Å². The first kappa shape index (κ1) is 15.2. The summed E-state index contributed by atoms with van der Waals surface area (Å²) in [6, 6.07) is 12.8. The molecule has 0 radical (unpaired) electrons. The van der Waals surface area contributed by atoms with Gasteiger partial charge >= 0.3 is 0 Å². The summed E-state index contributed by atoms with van der Waals surface area (Å²) in [6.45, 7) is 1.29. The van der Waals surface area contributed by atoms with Crippen molar-refractivity contribution >= 4 is 17.5 Å². The lowest BCUT2D eigenvalue weighted by molar-refractivity contribution is -0.128. The number of nitrogens with one attached hydrogen (secondary N) is 1. The number of amides is 2. The van der Waals surface area contributed by atoms with Crippen LogP contribution in [0.15, 0.2) is 48.5 Å². The predicted octanol–water partition coefficient (Wildman–Crippen LogP) is 3.20. The molecule has 0 spiro atoms. The minimum Gasteiger partial charge on any atom is -0.338 e. The smallest absolute Gasteiger partial charge is 0.255 e. The highest BCUT2D eigenvalue weighted by molar-refractivity contribution is 6.04. The molecular formula is C18H17FN2O2. The first-order valence-electron chi connectivity index (χ1n) is 7.55. The fourth-order valence-electron chi connectivity index (χ4n) is 2.64. The van der Waals surface area contributed by atoms with Gasteiger partial charge in [-0.1, -0.05) is 12.1 Å². The zero-order chi connectivity index (χ0) is 16.2. The van der Waals surface area contributed by atoms with E-state index in [9.17, 15) is 14.0 Å². The lowest BCUT2D eigenvalue weighted by Crippen LogP contribution is -2.24. The summed E-state index contributed by atoms with van der Waals surface area (Å²) in [7, 11) is 0. The highest BCUT2D eigenvalue weighted by Gasteiger charge is 2.20. The summed E-state index contributed by atoms with van der Waals surface area (Å²) in [5.74, 6) is -0.447. The second-order valence-corrected chi connectivity index (χ2v) is 5.58. The number of hydrogen-bond donors (Lipinski definition) is 1. The van der Waals surface area contributed by atoms with Crippen molar-refractivity contribution < 1.29 is 14.0 Å². The second kappa shape index (κ2) is 6.60. The van der Waals surface area contributed by atoms with Gasteiger partial charge in [-0.15, -0.1) is 0 Å². The molecule has 3 rings (SSSR count). The monoisotopic (exact) mass is 312 g/mol. The zero-order valence-electron chi connectivity index (χ0n) is 12.6. The van der Waals surface area contributed by atoms with Crippen LogP contribution in [0.1, 0.15) is 28.8 Å². The van der Waals surface area contributed by atoms with Crippen molar-refractivity contribution in [3.8, 4) is 0 Å². The van der Waals surface area contributed by atoms with E-state index in [1.807, 2.05) is 6.07 Å². The molecule has 118 valence electrons. The normalized spacial score (nSPS) is 14.1. The number of anilines is 1. The van der Waals surface area contributed by atoms with Gasteiger partial charge < -0.3 is 10.2 Å². The topological polar surface area (TPSA) is 49.4 Å². The zero-order valence-corrected chi connectivity index (χ0v) is 12.6. The molecular weight excluding hydrogens is 295 g/mol. The van der Waals surface area contributed by atoms with E-state index in [1.54, 1.807) is 23.1 Å². The van der Waals surface area contributed by atoms with Crippen molar-refractivity contribution in [2.75, 3.05) is 11.9 Å². The molecule has 23 heavy (non-hydrogen) atoms. The Hall–Kier alpha value is -2.69. The van der Waals surface area contributed by atoms with Gasteiger partial charge in [0.05, 0.1) is 0 Å². The Morgan fingerprint density at radius 1 is 1.17 bits per heavy atom. The molecule has 0 saturated carbocycles. The van der Waals surface area contributed by atoms with Crippen molar-refractivity contribution in [3.63, 3.8) is 0 Å². The van der Waals surface area contributed by atoms with Gasteiger partial charge in [-0.25, -0.2) is 4.39 Å². The van der Waals surface area contributed by atoms with Crippen LogP contribution < -0.4 is 5.32 Å². The number of rotatable bonds is 4. The third kappa shape index (κ3) is 3.74. The standard InChI is InChI=1S/C18H17FN2O2/c19-15-6-8-16(9-7-15)20-18(23)14-4-1-3-13(11-14)12-21-10-2-5-17(21)22/h1,3-4,6-9,11H,2,5,10,12H2,(H,20,23). The van der Waals surface area contributed by atoms with Gasteiger partial charge in [0.25, 0.3) is 5.91 Å². The van der Waals surface area contributed by atoms with Crippen LogP contribution in [-0.2, 0) is 11.3 Å². The van der Waals surface area contributed by atoms with Crippen molar-refractivity contribution in [1.29, 1.82) is 0 Å². The van der Waals surface area contributed by atoms with Crippen LogP contribution in [0, 0.1) is 5.82 Å². The van der Waals surface area contributed by atoms with E-state index in [0.717, 1.165) is 18.5 Å². The summed E-state index contributed by atoms with van der Waals surface area (Å²) in [4.78, 5) is 25.8. The maximum Gasteiger partial charge on any atom is 0.255 e. The van der Waals surface area contributed by atoms with Crippen LogP contribution in [0.4, 0.5) is 10.1 Å². The van der Waals surface area contributed by atoms with Crippen LogP contribution in [0.3, 0.4) is 0 Å². The predicted molar refractivity (Wildman–Crippen MR) is 85.4 cm³/mol. The molecule has 2 aromatic rings. The van der Waals surface area contributed by atoms with Gasteiger partial charge in [-0.05, 0) is 48.4 Å². The van der Waals surface area contributed by atoms with Crippen LogP contribution in [0.5, 0.6) is 0 Å². The lowest BCUT2D eigenvalue weighted by atomic mass is 10.1. The number of carbonyl (C=O) groups is 2. The highest BCUT2D eigenvalue weighted by atomic mass is 19.1. The molecule has 4 nitrogen and oxygen atoms in total. The molecule has 2 amide bonds. The minimum absolute atomic E-state index is 0.158. The number of hydrogen-bond acceptors (Lipinski definition) is 2. The molecule has 2 aromatic carbocycles. The van der Waals surface area contributed by atoms with E-state index in [4.69, 9.17) is 0 Å². The fraction of sp³-hybridized carbons (Fsp3) is 0.222. The molecule has 0 unspecified atom stereocenters. The van der Waals surface area contributed by atoms with Gasteiger partial charge in [0.15, 0.2) is 0 Å². The molecule has 5 heteroatoms. The van der Waals surface area contributed by atoms with E-state index in [1.165, 1.54) is 24.3 Å². The molecule has 0 aromatic heterocycles. The van der Waals surface area contributed by atoms with E-state index in [2.05, 4.69) is 5.32 Å². The summed E-state index contributed by atoms with van der Waals surface area (Å²) in [6.07, 6.45) is 1.49. The van der Waals surface area contributed by atoms with Crippen LogP contribution in [0.25, 0.3) is 0 Å². The number of halogens is 1. The minimum atomic E-state index is -0.347. The van der Waals surface area contributed by atoms with Crippen molar-refractivity contribution in [2.45, 2.75) is 19.4 Å². The summed E-state index contributed by atoms with van der Waals surface area (Å²) in [5, 5.41) is 2.73. The summed E-state index contributed by atoms with van der Waals surface area (Å²) < 4.78 is 12.9. The maximum absolute atomic E-state index is 12.9. The van der Waals surface area contributed by atoms with Crippen molar-refractivity contribution in [3.05, 3.63) is 65.5 Å². The third-order valence-electron chi connectivity index (χ3n) is 3.84. The maximum atomic E-state index is 12.9. The third-order valence-corrected chi connectivity index (χ3v) is 3.84. The number of benzene rings is 2. The fourth-order valence-corrected chi connectivity index (χ4v) is 2.64. The largest absolute Gasteiger partial charge is 0.338 e. The average molecular weight is 312 g/mol. The summed E-state index contributed by atoms with van der Waals surface area (Å²) >= 11 is 0. The number of likely N-dealkylation sites (tertiary alicyclic amines) is 1. The molecule has 1 aliphatic heterocycles. The Morgan fingerprint density at radius 2 is 1.96 bits per heavy atom. The van der Waals surface area contributed by atoms with Gasteiger partial charge in [-0.3, -0.25) is 9.59 Å². The quantitative estimate of drug-likeness (QED) is 0.942. The molecule has 0 bridgehead atoms. The first-order valence-corrected chi connectivity index (χ1v) is 7.55. The summed E-state index contributed by atoms with van der Waals surface area (Å²) in [5.41, 5.74) is 1.97. The molecule has 0 aliphatic carbocycles. The van der Waals surface area contributed by atoms with Crippen LogP contribution in [-0.4, -0.2) is 23.3 Å². The molecule has 1 N–H and O–H groups in total. The van der Waals surface area contributed by atoms with Gasteiger partial charge in [0, 0.05) is 30.8 Å². The van der Waals surface area contributed by atoms with E-state index in [0.29, 0.717) is 24.2 Å². The van der Waals surface area contributed by atoms with Gasteiger partial charge in [0.2, 0.25) is 5.91 Å². The molecule has 1 heterocycles. The van der Waals surface area contributed by atoms with E-state index < -0.39 is 0 Å². The average Bonchev–Trinajstić information content (AvgIpc) is 2.95. The Bertz CT molecular complexity index is 728.